The molecule has 2 aliphatic carbocycles. The van der Waals surface area contributed by atoms with Crippen LogP contribution in [0.25, 0.3) is 0 Å². The number of carbonyl (C=O) groups is 1. The molecule has 0 aromatic heterocycles. The Hall–Kier alpha value is -2.53. The van der Waals surface area contributed by atoms with E-state index in [1.807, 2.05) is 24.3 Å². The number of benzene rings is 1. The third-order valence-electron chi connectivity index (χ3n) is 5.15. The summed E-state index contributed by atoms with van der Waals surface area (Å²) in [6.07, 6.45) is 0.195. The molecule has 0 radical (unpaired) electrons. The number of aliphatic hydroxyl groups is 2. The lowest BCUT2D eigenvalue weighted by Gasteiger charge is -2.30. The van der Waals surface area contributed by atoms with E-state index >= 15 is 0 Å². The normalized spacial score (nSPS) is 23.9. The lowest BCUT2D eigenvalue weighted by Crippen LogP contribution is -2.30. The molecular weight excluding hydrogens is 362 g/mol. The molecule has 7 heteroatoms. The van der Waals surface area contributed by atoms with Gasteiger partial charge in [-0.25, -0.2) is 0 Å². The molecule has 150 valence electrons. The average Bonchev–Trinajstić information content (AvgIpc) is 2.91. The molecule has 7 nitrogen and oxygen atoms in total. The number of allylic oxidation sites excluding steroid dienone is 1. The Bertz CT molecular complexity index is 791. The molecule has 0 spiro atoms. The molecule has 1 fully saturated rings. The number of rotatable bonds is 8. The summed E-state index contributed by atoms with van der Waals surface area (Å²) in [4.78, 5) is 15.6. The lowest BCUT2D eigenvalue weighted by atomic mass is 9.79. The van der Waals surface area contributed by atoms with E-state index in [4.69, 9.17) is 14.7 Å². The summed E-state index contributed by atoms with van der Waals surface area (Å²) in [6, 6.07) is 7.47. The largest absolute Gasteiger partial charge is 0.497 e. The van der Waals surface area contributed by atoms with Gasteiger partial charge in [-0.3, -0.25) is 15.1 Å². The van der Waals surface area contributed by atoms with E-state index in [-0.39, 0.29) is 24.9 Å². The van der Waals surface area contributed by atoms with Crippen molar-refractivity contribution >= 4 is 5.97 Å². The van der Waals surface area contributed by atoms with Gasteiger partial charge in [0.15, 0.2) is 0 Å². The molecule has 1 aromatic carbocycles. The fourth-order valence-electron chi connectivity index (χ4n) is 3.61. The van der Waals surface area contributed by atoms with Crippen molar-refractivity contribution in [2.75, 3.05) is 13.7 Å². The minimum Gasteiger partial charge on any atom is -0.497 e. The van der Waals surface area contributed by atoms with Gasteiger partial charge in [0, 0.05) is 18.0 Å². The first-order chi connectivity index (χ1) is 13.5. The van der Waals surface area contributed by atoms with Crippen LogP contribution >= 0.6 is 0 Å². The molecule has 1 aromatic rings. The summed E-state index contributed by atoms with van der Waals surface area (Å²) in [7, 11) is 1.61. The Balaban J connectivity index is 1.52. The fourth-order valence-corrected chi connectivity index (χ4v) is 3.61. The number of carboxylic acids is 1. The molecule has 0 heterocycles. The van der Waals surface area contributed by atoms with E-state index in [9.17, 15) is 15.0 Å². The number of aliphatic carboxylic acids is 1. The quantitative estimate of drug-likeness (QED) is 0.302. The maximum Gasteiger partial charge on any atom is 0.305 e. The molecule has 0 saturated heterocycles. The lowest BCUT2D eigenvalue weighted by molar-refractivity contribution is -0.138. The zero-order valence-corrected chi connectivity index (χ0v) is 15.7. The Labute approximate surface area is 163 Å². The zero-order chi connectivity index (χ0) is 20.1. The maximum absolute atomic E-state index is 10.5. The van der Waals surface area contributed by atoms with Gasteiger partial charge in [0.25, 0.3) is 0 Å². The van der Waals surface area contributed by atoms with Gasteiger partial charge in [-0.2, -0.15) is 0 Å². The Morgan fingerprint density at radius 3 is 2.75 bits per heavy atom. The number of hydrogen-bond donors (Lipinski definition) is 4. The summed E-state index contributed by atoms with van der Waals surface area (Å²) in [5.74, 6) is 5.73. The van der Waals surface area contributed by atoms with Crippen molar-refractivity contribution in [2.24, 2.45) is 11.8 Å². The highest BCUT2D eigenvalue weighted by Gasteiger charge is 2.45. The molecule has 2 aliphatic rings. The molecule has 4 atom stereocenters. The molecule has 0 amide bonds. The van der Waals surface area contributed by atoms with Gasteiger partial charge < -0.3 is 20.1 Å². The number of ether oxygens (including phenoxy) is 1. The van der Waals surface area contributed by atoms with Crippen LogP contribution in [0.1, 0.15) is 24.8 Å². The number of carboxylic acid groups (broad SMARTS) is 1. The Kier molecular flexibility index (Phi) is 6.57. The van der Waals surface area contributed by atoms with E-state index in [0.29, 0.717) is 19.3 Å². The second-order valence-electron chi connectivity index (χ2n) is 7.06. The molecule has 28 heavy (non-hydrogen) atoms. The highest BCUT2D eigenvalue weighted by Crippen LogP contribution is 2.48. The van der Waals surface area contributed by atoms with Crippen LogP contribution in [-0.2, 0) is 16.1 Å². The average molecular weight is 387 g/mol. The van der Waals surface area contributed by atoms with E-state index in [0.717, 1.165) is 22.6 Å². The molecule has 0 bridgehead atoms. The van der Waals surface area contributed by atoms with Gasteiger partial charge in [0.1, 0.15) is 11.9 Å². The van der Waals surface area contributed by atoms with Crippen LogP contribution in [0.15, 0.2) is 35.5 Å². The van der Waals surface area contributed by atoms with Gasteiger partial charge in [-0.1, -0.05) is 24.0 Å². The van der Waals surface area contributed by atoms with Crippen molar-refractivity contribution in [3.05, 3.63) is 41.1 Å². The van der Waals surface area contributed by atoms with Crippen molar-refractivity contribution in [2.45, 2.75) is 37.9 Å². The van der Waals surface area contributed by atoms with Crippen LogP contribution in [0, 0.1) is 23.7 Å². The van der Waals surface area contributed by atoms with Gasteiger partial charge in [-0.15, -0.1) is 0 Å². The highest BCUT2D eigenvalue weighted by molar-refractivity contribution is 5.66. The van der Waals surface area contributed by atoms with E-state index in [1.165, 1.54) is 0 Å². The Morgan fingerprint density at radius 1 is 1.32 bits per heavy atom. The second kappa shape index (κ2) is 9.11. The van der Waals surface area contributed by atoms with Crippen LogP contribution in [0.4, 0.5) is 0 Å². The summed E-state index contributed by atoms with van der Waals surface area (Å²) >= 11 is 0. The van der Waals surface area contributed by atoms with E-state index in [2.05, 4.69) is 17.3 Å². The highest BCUT2D eigenvalue weighted by atomic mass is 16.6. The van der Waals surface area contributed by atoms with Crippen molar-refractivity contribution in [3.63, 3.8) is 0 Å². The summed E-state index contributed by atoms with van der Waals surface area (Å²) < 4.78 is 5.12. The second-order valence-corrected chi connectivity index (χ2v) is 7.06. The van der Waals surface area contributed by atoms with Gasteiger partial charge in [0.2, 0.25) is 0 Å². The standard InChI is InChI=1S/C21H25NO6/c1-27-15-5-2-13(3-6-15)10-14(23)4-7-16-17-11-19(18(17)12-20(16)24)22-28-9-8-21(25)26/h2-3,5-6,14,16-17,20,22-24H,8-12H2,1H3,(H,25,26). The third-order valence-corrected chi connectivity index (χ3v) is 5.15. The summed E-state index contributed by atoms with van der Waals surface area (Å²) in [5.41, 5.74) is 5.73. The predicted octanol–water partition coefficient (Wildman–Crippen LogP) is 1.25. The number of methoxy groups -OCH3 is 1. The van der Waals surface area contributed by atoms with Gasteiger partial charge >= 0.3 is 5.97 Å². The zero-order valence-electron chi connectivity index (χ0n) is 15.7. The first-order valence-corrected chi connectivity index (χ1v) is 9.29. The van der Waals surface area contributed by atoms with Crippen molar-refractivity contribution in [1.82, 2.24) is 5.48 Å². The number of hydroxylamine groups is 1. The molecular formula is C21H25NO6. The third kappa shape index (κ3) is 4.84. The van der Waals surface area contributed by atoms with Crippen molar-refractivity contribution < 1.29 is 29.7 Å². The minimum absolute atomic E-state index is 0.0676. The summed E-state index contributed by atoms with van der Waals surface area (Å²) in [6.45, 7) is 0.0835. The smallest absolute Gasteiger partial charge is 0.305 e. The van der Waals surface area contributed by atoms with Gasteiger partial charge in [-0.05, 0) is 36.1 Å². The van der Waals surface area contributed by atoms with Gasteiger partial charge in [0.05, 0.1) is 32.2 Å². The van der Waals surface area contributed by atoms with Crippen LogP contribution in [0.2, 0.25) is 0 Å². The molecule has 1 saturated carbocycles. The molecule has 0 aliphatic heterocycles. The van der Waals surface area contributed by atoms with Crippen LogP contribution < -0.4 is 10.2 Å². The van der Waals surface area contributed by atoms with Crippen LogP contribution in [0.3, 0.4) is 0 Å². The molecule has 4 unspecified atom stereocenters. The number of aliphatic hydroxyl groups excluding tert-OH is 2. The van der Waals surface area contributed by atoms with Crippen molar-refractivity contribution in [3.8, 4) is 17.6 Å². The Morgan fingerprint density at radius 2 is 2.07 bits per heavy atom. The van der Waals surface area contributed by atoms with Crippen LogP contribution in [0.5, 0.6) is 5.75 Å². The van der Waals surface area contributed by atoms with Crippen molar-refractivity contribution in [1.29, 1.82) is 0 Å². The first-order valence-electron chi connectivity index (χ1n) is 9.29. The minimum atomic E-state index is -0.911. The monoisotopic (exact) mass is 387 g/mol. The topological polar surface area (TPSA) is 108 Å². The predicted molar refractivity (Wildman–Crippen MR) is 101 cm³/mol. The number of fused-ring (bicyclic) bond motifs is 1. The number of nitrogens with one attached hydrogen (secondary N) is 1. The molecule has 3 rings (SSSR count). The molecule has 4 N–H and O–H groups in total. The van der Waals surface area contributed by atoms with E-state index in [1.54, 1.807) is 7.11 Å². The van der Waals surface area contributed by atoms with Crippen LogP contribution in [-0.4, -0.2) is 47.2 Å². The van der Waals surface area contributed by atoms with E-state index < -0.39 is 18.2 Å². The summed E-state index contributed by atoms with van der Waals surface area (Å²) in [5, 5.41) is 29.1. The maximum atomic E-state index is 10.5. The SMILES string of the molecule is COc1ccc(CC(O)C#CC2C(O)CC3=C(NOCCC(=O)O)CC32)cc1. The number of hydrogen-bond acceptors (Lipinski definition) is 6. The first kappa shape index (κ1) is 20.2. The fraction of sp³-hybridized carbons (Fsp3) is 0.476.